The number of aromatic nitrogens is 1. The molecule has 0 aromatic carbocycles. The van der Waals surface area contributed by atoms with Gasteiger partial charge in [-0.25, -0.2) is 4.98 Å². The van der Waals surface area contributed by atoms with Gasteiger partial charge in [0.15, 0.2) is 0 Å². The van der Waals surface area contributed by atoms with Gasteiger partial charge in [0.2, 0.25) is 0 Å². The number of hydrogen-bond donors (Lipinski definition) is 1. The van der Waals surface area contributed by atoms with E-state index in [1.54, 1.807) is 11.3 Å². The summed E-state index contributed by atoms with van der Waals surface area (Å²) in [7, 11) is 0. The largest absolute Gasteiger partial charge is 0.433 e. The smallest absolute Gasteiger partial charge is 0.377 e. The molecule has 21 heavy (non-hydrogen) atoms. The lowest BCUT2D eigenvalue weighted by molar-refractivity contribution is -0.141. The van der Waals surface area contributed by atoms with Crippen molar-refractivity contribution in [2.75, 3.05) is 5.32 Å². The van der Waals surface area contributed by atoms with E-state index in [4.69, 9.17) is 11.6 Å². The molecule has 112 valence electrons. The molecular weight excluding hydrogens is 321 g/mol. The van der Waals surface area contributed by atoms with Gasteiger partial charge >= 0.3 is 6.18 Å². The van der Waals surface area contributed by atoms with E-state index in [1.165, 1.54) is 17.1 Å². The highest BCUT2D eigenvalue weighted by Crippen LogP contribution is 2.39. The van der Waals surface area contributed by atoms with Crippen molar-refractivity contribution >= 4 is 28.6 Å². The third kappa shape index (κ3) is 3.16. The molecular formula is C14H12ClF3N2S. The molecule has 7 heteroatoms. The fourth-order valence-corrected chi connectivity index (χ4v) is 3.90. The number of aryl methyl sites for hydroxylation is 1. The van der Waals surface area contributed by atoms with E-state index >= 15 is 0 Å². The van der Waals surface area contributed by atoms with Crippen LogP contribution in [0.4, 0.5) is 18.9 Å². The summed E-state index contributed by atoms with van der Waals surface area (Å²) in [5.41, 5.74) is 0.857. The number of rotatable bonds is 2. The number of alkyl halides is 3. The van der Waals surface area contributed by atoms with Gasteiger partial charge in [-0.1, -0.05) is 11.6 Å². The van der Waals surface area contributed by atoms with Crippen LogP contribution in [0, 0.1) is 0 Å². The predicted molar refractivity (Wildman–Crippen MR) is 77.9 cm³/mol. The maximum atomic E-state index is 12.5. The molecule has 0 radical (unpaired) electrons. The summed E-state index contributed by atoms with van der Waals surface area (Å²) in [5.74, 6) is 0. The van der Waals surface area contributed by atoms with Gasteiger partial charge in [0.1, 0.15) is 5.69 Å². The molecule has 1 aliphatic carbocycles. The molecule has 2 heterocycles. The van der Waals surface area contributed by atoms with Crippen LogP contribution in [0.3, 0.4) is 0 Å². The Balaban J connectivity index is 1.78. The Morgan fingerprint density at radius 3 is 2.81 bits per heavy atom. The Labute approximate surface area is 129 Å². The van der Waals surface area contributed by atoms with E-state index in [2.05, 4.69) is 10.3 Å². The van der Waals surface area contributed by atoms with Gasteiger partial charge in [-0.2, -0.15) is 13.2 Å². The van der Waals surface area contributed by atoms with Crippen LogP contribution in [0.25, 0.3) is 0 Å². The fraction of sp³-hybridized carbons (Fsp3) is 0.357. The summed E-state index contributed by atoms with van der Waals surface area (Å²) in [6.07, 6.45) is -0.199. The molecule has 0 bridgehead atoms. The standard InChI is InChI=1S/C14H12ClF3N2S/c15-13-6-9-10(2-1-3-11(9)21-13)20-8-4-5-12(19-7-8)14(16,17)18/h4-7,10,20H,1-3H2. The molecule has 0 fully saturated rings. The van der Waals surface area contributed by atoms with Crippen molar-refractivity contribution in [1.29, 1.82) is 0 Å². The van der Waals surface area contributed by atoms with Gasteiger partial charge in [0, 0.05) is 4.88 Å². The maximum absolute atomic E-state index is 12.5. The molecule has 2 aromatic heterocycles. The first kappa shape index (κ1) is 14.7. The molecule has 1 unspecified atom stereocenters. The Morgan fingerprint density at radius 2 is 2.14 bits per heavy atom. The average molecular weight is 333 g/mol. The first-order valence-electron chi connectivity index (χ1n) is 6.51. The number of anilines is 1. The lowest BCUT2D eigenvalue weighted by Crippen LogP contribution is -2.16. The lowest BCUT2D eigenvalue weighted by atomic mass is 9.94. The molecule has 0 aliphatic heterocycles. The van der Waals surface area contributed by atoms with E-state index in [0.29, 0.717) is 5.69 Å². The summed E-state index contributed by atoms with van der Waals surface area (Å²) < 4.78 is 38.2. The van der Waals surface area contributed by atoms with Crippen LogP contribution >= 0.6 is 22.9 Å². The number of pyridine rings is 1. The van der Waals surface area contributed by atoms with Crippen LogP contribution in [-0.2, 0) is 12.6 Å². The van der Waals surface area contributed by atoms with Crippen molar-refractivity contribution in [3.63, 3.8) is 0 Å². The van der Waals surface area contributed by atoms with E-state index < -0.39 is 11.9 Å². The Bertz CT molecular complexity index is 637. The molecule has 1 aliphatic rings. The monoisotopic (exact) mass is 332 g/mol. The maximum Gasteiger partial charge on any atom is 0.433 e. The minimum atomic E-state index is -4.41. The SMILES string of the molecule is FC(F)(F)c1ccc(NC2CCCc3sc(Cl)cc32)cn1. The number of nitrogens with zero attached hydrogens (tertiary/aromatic N) is 1. The second kappa shape index (κ2) is 5.50. The highest BCUT2D eigenvalue weighted by molar-refractivity contribution is 7.16. The number of fused-ring (bicyclic) bond motifs is 1. The third-order valence-corrected chi connectivity index (χ3v) is 4.82. The normalized spacial score (nSPS) is 18.4. The van der Waals surface area contributed by atoms with Gasteiger partial charge in [0.25, 0.3) is 0 Å². The Kier molecular flexibility index (Phi) is 3.84. The van der Waals surface area contributed by atoms with Crippen LogP contribution < -0.4 is 5.32 Å². The van der Waals surface area contributed by atoms with E-state index in [1.807, 2.05) is 6.07 Å². The van der Waals surface area contributed by atoms with Crippen LogP contribution in [0.1, 0.15) is 35.0 Å². The molecule has 0 saturated heterocycles. The van der Waals surface area contributed by atoms with Gasteiger partial charge < -0.3 is 5.32 Å². The van der Waals surface area contributed by atoms with Crippen LogP contribution in [0.2, 0.25) is 4.34 Å². The summed E-state index contributed by atoms with van der Waals surface area (Å²) >= 11 is 7.61. The predicted octanol–water partition coefficient (Wildman–Crippen LogP) is 5.30. The third-order valence-electron chi connectivity index (χ3n) is 3.48. The second-order valence-electron chi connectivity index (χ2n) is 4.95. The zero-order valence-corrected chi connectivity index (χ0v) is 12.4. The molecule has 0 spiro atoms. The highest BCUT2D eigenvalue weighted by atomic mass is 35.5. The lowest BCUT2D eigenvalue weighted by Gasteiger charge is -2.24. The van der Waals surface area contributed by atoms with E-state index in [9.17, 15) is 13.2 Å². The molecule has 1 N–H and O–H groups in total. The number of halogens is 4. The zero-order valence-electron chi connectivity index (χ0n) is 10.9. The quantitative estimate of drug-likeness (QED) is 0.806. The van der Waals surface area contributed by atoms with Gasteiger partial charge in [-0.3, -0.25) is 0 Å². The van der Waals surface area contributed by atoms with Gasteiger partial charge in [-0.15, -0.1) is 11.3 Å². The molecule has 2 aromatic rings. The van der Waals surface area contributed by atoms with Crippen LogP contribution in [0.15, 0.2) is 24.4 Å². The number of nitrogens with one attached hydrogen (secondary N) is 1. The fourth-order valence-electron chi connectivity index (χ4n) is 2.52. The summed E-state index contributed by atoms with van der Waals surface area (Å²) in [6.45, 7) is 0. The van der Waals surface area contributed by atoms with Crippen molar-refractivity contribution in [3.8, 4) is 0 Å². The molecule has 0 amide bonds. The minimum absolute atomic E-state index is 0.0797. The van der Waals surface area contributed by atoms with Crippen molar-refractivity contribution in [3.05, 3.63) is 44.9 Å². The van der Waals surface area contributed by atoms with Crippen LogP contribution in [-0.4, -0.2) is 4.98 Å². The number of thiophene rings is 1. The summed E-state index contributed by atoms with van der Waals surface area (Å²) in [6, 6.07) is 4.43. The van der Waals surface area contributed by atoms with E-state index in [0.717, 1.165) is 35.2 Å². The first-order chi connectivity index (χ1) is 9.93. The molecule has 3 rings (SSSR count). The van der Waals surface area contributed by atoms with Crippen molar-refractivity contribution < 1.29 is 13.2 Å². The van der Waals surface area contributed by atoms with Crippen molar-refractivity contribution in [2.45, 2.75) is 31.5 Å². The number of hydrogen-bond acceptors (Lipinski definition) is 3. The average Bonchev–Trinajstić information content (AvgIpc) is 2.80. The zero-order chi connectivity index (χ0) is 15.0. The second-order valence-corrected chi connectivity index (χ2v) is 6.72. The summed E-state index contributed by atoms with van der Waals surface area (Å²) in [5, 5.41) is 3.25. The topological polar surface area (TPSA) is 24.9 Å². The Morgan fingerprint density at radius 1 is 1.33 bits per heavy atom. The van der Waals surface area contributed by atoms with Crippen molar-refractivity contribution in [1.82, 2.24) is 4.98 Å². The molecule has 0 saturated carbocycles. The Hall–Kier alpha value is -1.27. The van der Waals surface area contributed by atoms with Crippen molar-refractivity contribution in [2.24, 2.45) is 0 Å². The first-order valence-corrected chi connectivity index (χ1v) is 7.71. The van der Waals surface area contributed by atoms with Gasteiger partial charge in [-0.05, 0) is 43.0 Å². The van der Waals surface area contributed by atoms with E-state index in [-0.39, 0.29) is 6.04 Å². The van der Waals surface area contributed by atoms with Crippen LogP contribution in [0.5, 0.6) is 0 Å². The summed E-state index contributed by atoms with van der Waals surface area (Å²) in [4.78, 5) is 4.72. The molecule has 1 atom stereocenters. The molecule has 2 nitrogen and oxygen atoms in total. The highest BCUT2D eigenvalue weighted by Gasteiger charge is 2.32. The van der Waals surface area contributed by atoms with Gasteiger partial charge in [0.05, 0.1) is 22.3 Å². The minimum Gasteiger partial charge on any atom is -0.377 e.